The van der Waals surface area contributed by atoms with Crippen molar-refractivity contribution in [3.8, 4) is 11.4 Å². The van der Waals surface area contributed by atoms with Crippen molar-refractivity contribution in [2.45, 2.75) is 18.5 Å². The van der Waals surface area contributed by atoms with Gasteiger partial charge in [0.05, 0.1) is 26.9 Å². The largest absolute Gasteiger partial charge is 0.468 e. The number of thioether (sulfide) groups is 1. The van der Waals surface area contributed by atoms with Gasteiger partial charge in [-0.2, -0.15) is 5.10 Å². The highest BCUT2D eigenvalue weighted by Gasteiger charge is 2.27. The lowest BCUT2D eigenvalue weighted by Crippen LogP contribution is -2.42. The van der Waals surface area contributed by atoms with E-state index in [4.69, 9.17) is 26.8 Å². The van der Waals surface area contributed by atoms with E-state index < -0.39 is 0 Å². The summed E-state index contributed by atoms with van der Waals surface area (Å²) in [6, 6.07) is 3.82. The molecule has 0 N–H and O–H groups in total. The van der Waals surface area contributed by atoms with Crippen LogP contribution in [0, 0.1) is 4.77 Å². The number of ether oxygens (including phenoxy) is 2. The molecule has 2 aromatic heterocycles. The van der Waals surface area contributed by atoms with Crippen molar-refractivity contribution in [1.29, 1.82) is 0 Å². The number of nitrogens with zero attached hydrogens (tertiary/aromatic N) is 5. The van der Waals surface area contributed by atoms with Gasteiger partial charge in [-0.1, -0.05) is 0 Å². The van der Waals surface area contributed by atoms with Crippen molar-refractivity contribution >= 4 is 29.9 Å². The molecule has 1 saturated heterocycles. The quantitative estimate of drug-likeness (QED) is 0.505. The molecule has 2 aromatic rings. The molecule has 27 heavy (non-hydrogen) atoms. The van der Waals surface area contributed by atoms with Gasteiger partial charge in [-0.15, -0.1) is 11.8 Å². The van der Waals surface area contributed by atoms with Gasteiger partial charge in [0, 0.05) is 43.9 Å². The molecular weight excluding hydrogens is 386 g/mol. The molecule has 146 valence electrons. The van der Waals surface area contributed by atoms with Crippen molar-refractivity contribution in [1.82, 2.24) is 24.2 Å². The van der Waals surface area contributed by atoms with E-state index in [1.54, 1.807) is 31.3 Å². The first-order valence-corrected chi connectivity index (χ1v) is 10.1. The van der Waals surface area contributed by atoms with Crippen LogP contribution in [0.1, 0.15) is 0 Å². The zero-order valence-electron chi connectivity index (χ0n) is 15.4. The molecule has 0 spiro atoms. The summed E-state index contributed by atoms with van der Waals surface area (Å²) in [4.78, 5) is 18.1. The first kappa shape index (κ1) is 20.0. The van der Waals surface area contributed by atoms with Gasteiger partial charge in [0.25, 0.3) is 0 Å². The van der Waals surface area contributed by atoms with E-state index in [1.807, 2.05) is 21.4 Å². The molecule has 0 saturated carbocycles. The Labute approximate surface area is 167 Å². The normalized spacial score (nSPS) is 17.8. The average Bonchev–Trinajstić information content (AvgIpc) is 3.02. The molecule has 8 nitrogen and oxygen atoms in total. The van der Waals surface area contributed by atoms with E-state index in [-0.39, 0.29) is 11.2 Å². The van der Waals surface area contributed by atoms with Crippen molar-refractivity contribution in [2.24, 2.45) is 0 Å². The lowest BCUT2D eigenvalue weighted by atomic mass is 10.2. The summed E-state index contributed by atoms with van der Waals surface area (Å²) in [5.41, 5.74) is 0.951. The highest BCUT2D eigenvalue weighted by atomic mass is 32.2. The third-order valence-corrected chi connectivity index (χ3v) is 5.92. The van der Waals surface area contributed by atoms with Crippen molar-refractivity contribution in [2.75, 3.05) is 39.7 Å². The van der Waals surface area contributed by atoms with Crippen molar-refractivity contribution in [3.63, 3.8) is 0 Å². The van der Waals surface area contributed by atoms with Crippen LogP contribution in [0.15, 0.2) is 24.5 Å². The summed E-state index contributed by atoms with van der Waals surface area (Å²) in [7, 11) is 3.09. The SMILES string of the molecule is COCCn1c(-c2ccncc2)nn(CN2CCS[C@@H](C(=O)OC)C2)c1=S. The van der Waals surface area contributed by atoms with E-state index in [0.717, 1.165) is 23.7 Å². The Balaban J connectivity index is 1.84. The van der Waals surface area contributed by atoms with Gasteiger partial charge in [0.15, 0.2) is 10.6 Å². The molecule has 0 aliphatic carbocycles. The third kappa shape index (κ3) is 4.75. The second-order valence-electron chi connectivity index (χ2n) is 6.09. The Morgan fingerprint density at radius 3 is 2.85 bits per heavy atom. The molecule has 1 atom stereocenters. The first-order valence-electron chi connectivity index (χ1n) is 8.62. The first-order chi connectivity index (χ1) is 13.1. The molecule has 0 aromatic carbocycles. The summed E-state index contributed by atoms with van der Waals surface area (Å²) < 4.78 is 14.5. The van der Waals surface area contributed by atoms with Crippen LogP contribution in [0.25, 0.3) is 11.4 Å². The molecule has 0 amide bonds. The highest BCUT2D eigenvalue weighted by Crippen LogP contribution is 2.22. The lowest BCUT2D eigenvalue weighted by molar-refractivity contribution is -0.140. The maximum atomic E-state index is 11.9. The molecule has 0 bridgehead atoms. The predicted molar refractivity (Wildman–Crippen MR) is 106 cm³/mol. The van der Waals surface area contributed by atoms with Gasteiger partial charge in [-0.05, 0) is 24.4 Å². The maximum Gasteiger partial charge on any atom is 0.320 e. The van der Waals surface area contributed by atoms with Gasteiger partial charge in [-0.25, -0.2) is 4.68 Å². The summed E-state index contributed by atoms with van der Waals surface area (Å²) in [5, 5.41) is 4.57. The predicted octanol–water partition coefficient (Wildman–Crippen LogP) is 1.67. The Bertz CT molecular complexity index is 824. The van der Waals surface area contributed by atoms with Gasteiger partial charge in [0.1, 0.15) is 5.25 Å². The van der Waals surface area contributed by atoms with Crippen LogP contribution in [-0.4, -0.2) is 75.1 Å². The number of methoxy groups -OCH3 is 2. The van der Waals surface area contributed by atoms with E-state index in [9.17, 15) is 4.79 Å². The number of hydrogen-bond acceptors (Lipinski definition) is 8. The summed E-state index contributed by atoms with van der Waals surface area (Å²) in [6.45, 7) is 3.19. The topological polar surface area (TPSA) is 74.4 Å². The molecule has 3 heterocycles. The second-order valence-corrected chi connectivity index (χ2v) is 7.76. The Hall–Kier alpha value is -1.75. The molecule has 1 fully saturated rings. The lowest BCUT2D eigenvalue weighted by Gasteiger charge is -2.30. The fourth-order valence-corrected chi connectivity index (χ4v) is 4.40. The summed E-state index contributed by atoms with van der Waals surface area (Å²) in [6.07, 6.45) is 3.47. The van der Waals surface area contributed by atoms with E-state index in [0.29, 0.717) is 31.1 Å². The van der Waals surface area contributed by atoms with Gasteiger partial charge >= 0.3 is 5.97 Å². The molecular formula is C17H23N5O3S2. The highest BCUT2D eigenvalue weighted by molar-refractivity contribution is 8.00. The maximum absolute atomic E-state index is 11.9. The number of pyridine rings is 1. The zero-order chi connectivity index (χ0) is 19.2. The fourth-order valence-electron chi connectivity index (χ4n) is 2.93. The van der Waals surface area contributed by atoms with Crippen LogP contribution in [0.3, 0.4) is 0 Å². The molecule has 0 unspecified atom stereocenters. The number of rotatable bonds is 7. The van der Waals surface area contributed by atoms with Crippen molar-refractivity contribution < 1.29 is 14.3 Å². The van der Waals surface area contributed by atoms with Crippen molar-refractivity contribution in [3.05, 3.63) is 29.3 Å². The monoisotopic (exact) mass is 409 g/mol. The van der Waals surface area contributed by atoms with E-state index in [1.165, 1.54) is 7.11 Å². The summed E-state index contributed by atoms with van der Waals surface area (Å²) in [5.74, 6) is 1.47. The smallest absolute Gasteiger partial charge is 0.320 e. The average molecular weight is 410 g/mol. The summed E-state index contributed by atoms with van der Waals surface area (Å²) >= 11 is 7.30. The van der Waals surface area contributed by atoms with Crippen LogP contribution < -0.4 is 0 Å². The van der Waals surface area contributed by atoms with E-state index >= 15 is 0 Å². The Kier molecular flexibility index (Phi) is 7.00. The van der Waals surface area contributed by atoms with Gasteiger partial charge in [0.2, 0.25) is 0 Å². The number of hydrogen-bond donors (Lipinski definition) is 0. The van der Waals surface area contributed by atoms with Crippen LogP contribution >= 0.6 is 24.0 Å². The number of carbonyl (C=O) groups is 1. The molecule has 10 heteroatoms. The second kappa shape index (κ2) is 9.45. The standard InChI is InChI=1S/C17H23N5O3S2/c1-24-9-7-21-15(13-3-5-18-6-4-13)19-22(17(21)26)12-20-8-10-27-14(11-20)16(23)25-2/h3-6,14H,7-12H2,1-2H3/t14-/m1/s1. The van der Waals surface area contributed by atoms with Crippen LogP contribution in [0.5, 0.6) is 0 Å². The third-order valence-electron chi connectivity index (χ3n) is 4.33. The molecule has 1 aliphatic heterocycles. The minimum absolute atomic E-state index is 0.173. The van der Waals surface area contributed by atoms with E-state index in [2.05, 4.69) is 9.88 Å². The Morgan fingerprint density at radius 1 is 1.37 bits per heavy atom. The minimum atomic E-state index is -0.184. The fraction of sp³-hybridized carbons (Fsp3) is 0.529. The molecule has 3 rings (SSSR count). The van der Waals surface area contributed by atoms with Gasteiger partial charge < -0.3 is 9.47 Å². The number of carbonyl (C=O) groups excluding carboxylic acids is 1. The molecule has 1 aliphatic rings. The number of esters is 1. The van der Waals surface area contributed by atoms with Crippen LogP contribution in [0.4, 0.5) is 0 Å². The van der Waals surface area contributed by atoms with Crippen LogP contribution in [-0.2, 0) is 27.5 Å². The number of aromatic nitrogens is 4. The Morgan fingerprint density at radius 2 is 2.15 bits per heavy atom. The zero-order valence-corrected chi connectivity index (χ0v) is 17.0. The molecule has 0 radical (unpaired) electrons. The minimum Gasteiger partial charge on any atom is -0.468 e. The van der Waals surface area contributed by atoms with Crippen LogP contribution in [0.2, 0.25) is 0 Å². The van der Waals surface area contributed by atoms with Gasteiger partial charge in [-0.3, -0.25) is 19.2 Å².